The van der Waals surface area contributed by atoms with Gasteiger partial charge in [0.2, 0.25) is 0 Å². The molecule has 30 valence electrons. The quantitative estimate of drug-likeness (QED) is 0.416. The second kappa shape index (κ2) is 2.20. The second-order valence-corrected chi connectivity index (χ2v) is 1.11. The smallest absolute Gasteiger partial charge is 0.338 e. The van der Waals surface area contributed by atoms with Crippen molar-refractivity contribution in [2.24, 2.45) is 0 Å². The summed E-state index contributed by atoms with van der Waals surface area (Å²) >= 11 is 2.78. The number of alkyl halides is 1. The van der Waals surface area contributed by atoms with Crippen LogP contribution in [0.5, 0.6) is 0 Å². The zero-order chi connectivity index (χ0) is 4.28. The first kappa shape index (κ1) is 4.95. The van der Waals surface area contributed by atoms with Gasteiger partial charge in [-0.3, -0.25) is 0 Å². The highest BCUT2D eigenvalue weighted by Gasteiger charge is 1.93. The van der Waals surface area contributed by atoms with Gasteiger partial charge in [-0.2, -0.15) is 0 Å². The summed E-state index contributed by atoms with van der Waals surface area (Å²) in [6.07, 6.45) is 0. The van der Waals surface area contributed by atoms with Crippen LogP contribution in [0.15, 0.2) is 0 Å². The highest BCUT2D eigenvalue weighted by molar-refractivity contribution is 9.09. The number of hydrogen-bond acceptors (Lipinski definition) is 0. The zero-order valence-electron chi connectivity index (χ0n) is 2.48. The summed E-state index contributed by atoms with van der Waals surface area (Å²) in [6, 6.07) is 0. The molecule has 0 aromatic carbocycles. The largest absolute Gasteiger partial charge is 0.491 e. The number of carboxylic acids is 1. The van der Waals surface area contributed by atoms with Crippen molar-refractivity contribution in [1.29, 1.82) is 0 Å². The van der Waals surface area contributed by atoms with Gasteiger partial charge in [0.05, 0.1) is 0 Å². The van der Waals surface area contributed by atoms with Crippen molar-refractivity contribution in [2.75, 3.05) is 5.33 Å². The summed E-state index contributed by atoms with van der Waals surface area (Å²) < 4.78 is 0. The maximum Gasteiger partial charge on any atom is 0.491 e. The van der Waals surface area contributed by atoms with Crippen LogP contribution < -0.4 is 0 Å². The van der Waals surface area contributed by atoms with E-state index in [9.17, 15) is 0 Å². The molecule has 0 amide bonds. The average molecular weight is 140 g/mol. The SMILES string of the molecule is OC(=[OH+])CBr. The van der Waals surface area contributed by atoms with Crippen molar-refractivity contribution in [1.82, 2.24) is 0 Å². The van der Waals surface area contributed by atoms with E-state index in [0.29, 0.717) is 0 Å². The Morgan fingerprint density at radius 1 is 2.00 bits per heavy atom. The zero-order valence-corrected chi connectivity index (χ0v) is 4.07. The van der Waals surface area contributed by atoms with Gasteiger partial charge >= 0.3 is 5.97 Å². The molecule has 5 heavy (non-hydrogen) atoms. The minimum absolute atomic E-state index is 0.146. The maximum absolute atomic E-state index is 7.79. The summed E-state index contributed by atoms with van der Waals surface area (Å²) in [5, 5.41) is 7.93. The molecule has 2 N–H and O–H groups in total. The molecular formula is C2H4BrO2+. The van der Waals surface area contributed by atoms with E-state index in [0.717, 1.165) is 0 Å². The number of carboxylic acid groups (broad SMARTS) is 1. The van der Waals surface area contributed by atoms with Crippen LogP contribution in [0.1, 0.15) is 0 Å². The van der Waals surface area contributed by atoms with Gasteiger partial charge in [-0.1, -0.05) is 15.9 Å². The fourth-order valence-electron chi connectivity index (χ4n) is 0. The van der Waals surface area contributed by atoms with Crippen LogP contribution in [0.4, 0.5) is 0 Å². The molecule has 0 heterocycles. The van der Waals surface area contributed by atoms with Crippen LogP contribution >= 0.6 is 15.9 Å². The Morgan fingerprint density at radius 3 is 2.20 bits per heavy atom. The van der Waals surface area contributed by atoms with Gasteiger partial charge in [0.1, 0.15) is 0 Å². The fourth-order valence-corrected chi connectivity index (χ4v) is 0. The first-order valence-electron chi connectivity index (χ1n) is 1.07. The summed E-state index contributed by atoms with van der Waals surface area (Å²) in [6.45, 7) is 0. The normalized spacial score (nSPS) is 7.40. The Labute approximate surface area is 37.9 Å². The molecule has 0 rings (SSSR count). The van der Waals surface area contributed by atoms with Crippen LogP contribution in [0.25, 0.3) is 0 Å². The average Bonchev–Trinajstić information content (AvgIpc) is 1.38. The lowest BCUT2D eigenvalue weighted by atomic mass is 10.8. The molecule has 0 fully saturated rings. The van der Waals surface area contributed by atoms with Gasteiger partial charge < -0.3 is 9.90 Å². The lowest BCUT2D eigenvalue weighted by molar-refractivity contribution is 0.458. The third-order valence-corrected chi connectivity index (χ3v) is 0.621. The van der Waals surface area contributed by atoms with Crippen LogP contribution in [0.2, 0.25) is 0 Å². The van der Waals surface area contributed by atoms with E-state index < -0.39 is 5.97 Å². The summed E-state index contributed by atoms with van der Waals surface area (Å²) in [4.78, 5) is 7.79. The highest BCUT2D eigenvalue weighted by Crippen LogP contribution is 1.73. The molecule has 0 aliphatic heterocycles. The van der Waals surface area contributed by atoms with Crippen molar-refractivity contribution in [2.45, 2.75) is 0 Å². The lowest BCUT2D eigenvalue weighted by Crippen LogP contribution is -1.93. The molecule has 0 aromatic rings. The Balaban J connectivity index is 2.85. The van der Waals surface area contributed by atoms with E-state index in [1.54, 1.807) is 0 Å². The van der Waals surface area contributed by atoms with Gasteiger partial charge in [0, 0.05) is 0 Å². The second-order valence-electron chi connectivity index (χ2n) is 0.550. The summed E-state index contributed by atoms with van der Waals surface area (Å²) in [5.74, 6) is -0.579. The molecule has 0 radical (unpaired) electrons. The molecule has 0 spiro atoms. The molecule has 3 heteroatoms. The van der Waals surface area contributed by atoms with Gasteiger partial charge in [0.15, 0.2) is 5.33 Å². The van der Waals surface area contributed by atoms with Crippen molar-refractivity contribution < 1.29 is 9.90 Å². The van der Waals surface area contributed by atoms with Crippen LogP contribution in [-0.2, 0) is 0 Å². The summed E-state index contributed by atoms with van der Waals surface area (Å²) in [5.41, 5.74) is 0. The van der Waals surface area contributed by atoms with Crippen LogP contribution in [0.3, 0.4) is 0 Å². The van der Waals surface area contributed by atoms with Gasteiger partial charge in [-0.05, 0) is 0 Å². The maximum atomic E-state index is 7.79. The molecule has 0 saturated carbocycles. The van der Waals surface area contributed by atoms with Crippen molar-refractivity contribution in [3.63, 3.8) is 0 Å². The molecule has 0 aliphatic carbocycles. The first-order valence-corrected chi connectivity index (χ1v) is 2.19. The molecule has 0 atom stereocenters. The Hall–Kier alpha value is -0.0500. The van der Waals surface area contributed by atoms with Gasteiger partial charge in [-0.15, -0.1) is 0 Å². The fraction of sp³-hybridized carbons (Fsp3) is 0.500. The van der Waals surface area contributed by atoms with E-state index in [1.165, 1.54) is 0 Å². The topological polar surface area (TPSA) is 41.6 Å². The molecular weight excluding hydrogens is 136 g/mol. The third kappa shape index (κ3) is 3.95. The van der Waals surface area contributed by atoms with Crippen molar-refractivity contribution >= 4 is 21.9 Å². The Morgan fingerprint density at radius 2 is 2.20 bits per heavy atom. The summed E-state index contributed by atoms with van der Waals surface area (Å²) in [7, 11) is 0. The molecule has 0 aromatic heterocycles. The Kier molecular flexibility index (Phi) is 2.18. The molecule has 2 nitrogen and oxygen atoms in total. The van der Waals surface area contributed by atoms with E-state index in [2.05, 4.69) is 15.9 Å². The van der Waals surface area contributed by atoms with Gasteiger partial charge in [-0.25, -0.2) is 0 Å². The van der Waals surface area contributed by atoms with Crippen LogP contribution in [0, 0.1) is 0 Å². The van der Waals surface area contributed by atoms with E-state index in [1.807, 2.05) is 0 Å². The minimum Gasteiger partial charge on any atom is -0.338 e. The number of hydrogen-bond donors (Lipinski definition) is 1. The number of rotatable bonds is 1. The van der Waals surface area contributed by atoms with E-state index in [-0.39, 0.29) is 5.33 Å². The minimum atomic E-state index is -0.579. The van der Waals surface area contributed by atoms with E-state index >= 15 is 0 Å². The predicted molar refractivity (Wildman–Crippen MR) is 23.4 cm³/mol. The monoisotopic (exact) mass is 139 g/mol. The number of aliphatic carboxylic acids is 1. The number of halogens is 1. The molecule has 0 unspecified atom stereocenters. The predicted octanol–water partition coefficient (Wildman–Crippen LogP) is 0.442. The third-order valence-electron chi connectivity index (χ3n) is 0.120. The van der Waals surface area contributed by atoms with Gasteiger partial charge in [0.25, 0.3) is 0 Å². The van der Waals surface area contributed by atoms with E-state index in [4.69, 9.17) is 9.90 Å². The van der Waals surface area contributed by atoms with Crippen molar-refractivity contribution in [3.8, 4) is 0 Å². The number of aliphatic hydroxyl groups excluding tert-OH is 1. The standard InChI is InChI=1S/C2H3BrO2/c3-1-2(4)5/h1H2,(H,4,5)/p+1. The molecule has 0 saturated heterocycles. The molecule has 0 bridgehead atoms. The Bertz CT molecular complexity index is 42.9. The van der Waals surface area contributed by atoms with Crippen LogP contribution in [-0.4, -0.2) is 21.2 Å². The lowest BCUT2D eigenvalue weighted by Gasteiger charge is -1.60. The molecule has 0 aliphatic rings. The van der Waals surface area contributed by atoms with Crippen molar-refractivity contribution in [3.05, 3.63) is 0 Å². The highest BCUT2D eigenvalue weighted by atomic mass is 79.9. The first-order chi connectivity index (χ1) is 2.27.